The second-order valence-electron chi connectivity index (χ2n) is 18.5. The second-order valence-corrected chi connectivity index (χ2v) is 18.5. The summed E-state index contributed by atoms with van der Waals surface area (Å²) in [6.45, 7) is 19.9. The Labute approximate surface area is 398 Å². The molecule has 1 aliphatic carbocycles. The SMILES string of the molecule is C=CN1CCc2c(c(N3CCCc4cc(-c5cn(C/C(N)=C/N(N)C6CN(c7ccc(C(=O)NC8CCC(=C)NC8=C)nc7)C6)c6ccncc56)c(C(F)F)cc43)nn2C2CCCCC2)C1.CC. The van der Waals surface area contributed by atoms with Crippen molar-refractivity contribution in [3.8, 4) is 11.1 Å². The quantitative estimate of drug-likeness (QED) is 0.0702. The number of hydrogen-bond donors (Lipinski definition) is 4. The number of allylic oxidation sites excluding steroid dienone is 2. The van der Waals surface area contributed by atoms with E-state index >= 15 is 8.78 Å². The summed E-state index contributed by atoms with van der Waals surface area (Å²) in [6.07, 6.45) is 17.9. The van der Waals surface area contributed by atoms with E-state index in [1.54, 1.807) is 41.9 Å². The minimum Gasteiger partial charge on any atom is -0.399 e. The van der Waals surface area contributed by atoms with Gasteiger partial charge in [0, 0.05) is 114 Å². The highest BCUT2D eigenvalue weighted by Crippen LogP contribution is 2.45. The number of nitrogens with zero attached hydrogens (tertiary/aromatic N) is 9. The third-order valence-corrected chi connectivity index (χ3v) is 14.2. The Morgan fingerprint density at radius 2 is 1.82 bits per heavy atom. The first-order chi connectivity index (χ1) is 33.0. The fourth-order valence-corrected chi connectivity index (χ4v) is 10.6. The molecule has 358 valence electrons. The van der Waals surface area contributed by atoms with E-state index in [0.29, 0.717) is 54.7 Å². The fourth-order valence-electron chi connectivity index (χ4n) is 10.6. The van der Waals surface area contributed by atoms with Crippen LogP contribution in [0.3, 0.4) is 0 Å². The van der Waals surface area contributed by atoms with Crippen LogP contribution in [0, 0.1) is 0 Å². The topological polar surface area (TPSA) is 155 Å². The third-order valence-electron chi connectivity index (χ3n) is 14.2. The molecule has 0 radical (unpaired) electrons. The van der Waals surface area contributed by atoms with Crippen LogP contribution in [0.4, 0.5) is 26.0 Å². The van der Waals surface area contributed by atoms with Crippen molar-refractivity contribution in [3.63, 3.8) is 0 Å². The van der Waals surface area contributed by atoms with Crippen molar-refractivity contribution in [2.45, 2.75) is 116 Å². The van der Waals surface area contributed by atoms with Gasteiger partial charge in [-0.1, -0.05) is 52.8 Å². The number of halogens is 2. The molecule has 1 amide bonds. The summed E-state index contributed by atoms with van der Waals surface area (Å²) in [5, 5.41) is 13.9. The molecule has 1 saturated carbocycles. The van der Waals surface area contributed by atoms with Crippen molar-refractivity contribution < 1.29 is 13.6 Å². The summed E-state index contributed by atoms with van der Waals surface area (Å²) < 4.78 is 35.1. The van der Waals surface area contributed by atoms with Crippen LogP contribution in [0.25, 0.3) is 22.0 Å². The van der Waals surface area contributed by atoms with Crippen molar-refractivity contribution in [1.29, 1.82) is 0 Å². The number of rotatable bonds is 12. The molecule has 5 aliphatic rings. The molecule has 16 heteroatoms. The lowest BCUT2D eigenvalue weighted by Gasteiger charge is -2.44. The van der Waals surface area contributed by atoms with E-state index in [4.69, 9.17) is 16.7 Å². The first-order valence-corrected chi connectivity index (χ1v) is 24.3. The zero-order chi connectivity index (χ0) is 47.6. The molecule has 3 fully saturated rings. The first kappa shape index (κ1) is 46.4. The maximum atomic E-state index is 15.4. The molecule has 5 aromatic rings. The van der Waals surface area contributed by atoms with E-state index in [1.807, 2.05) is 49.0 Å². The summed E-state index contributed by atoms with van der Waals surface area (Å²) in [6, 6.07) is 9.36. The van der Waals surface area contributed by atoms with Gasteiger partial charge in [-0.15, -0.1) is 0 Å². The number of fused-ring (bicyclic) bond motifs is 3. The zero-order valence-electron chi connectivity index (χ0n) is 39.4. The summed E-state index contributed by atoms with van der Waals surface area (Å²) in [4.78, 5) is 28.3. The summed E-state index contributed by atoms with van der Waals surface area (Å²) >= 11 is 0. The summed E-state index contributed by atoms with van der Waals surface area (Å²) in [5.74, 6) is 7.20. The maximum Gasteiger partial charge on any atom is 0.270 e. The summed E-state index contributed by atoms with van der Waals surface area (Å²) in [7, 11) is 0. The normalized spacial score (nSPS) is 18.9. The molecule has 8 heterocycles. The number of benzene rings is 1. The van der Waals surface area contributed by atoms with Gasteiger partial charge < -0.3 is 40.6 Å². The van der Waals surface area contributed by atoms with E-state index in [-0.39, 0.29) is 30.1 Å². The molecular formula is C52H65F2N13O. The van der Waals surface area contributed by atoms with Gasteiger partial charge in [0.2, 0.25) is 0 Å². The zero-order valence-corrected chi connectivity index (χ0v) is 39.4. The molecule has 10 rings (SSSR count). The van der Waals surface area contributed by atoms with Gasteiger partial charge >= 0.3 is 0 Å². The molecule has 2 saturated heterocycles. The van der Waals surface area contributed by atoms with Crippen LogP contribution >= 0.6 is 0 Å². The lowest BCUT2D eigenvalue weighted by atomic mass is 9.91. The Morgan fingerprint density at radius 1 is 1.01 bits per heavy atom. The van der Waals surface area contributed by atoms with Gasteiger partial charge in [-0.3, -0.25) is 14.5 Å². The highest BCUT2D eigenvalue weighted by molar-refractivity contribution is 5.97. The number of hydrazine groups is 1. The predicted molar refractivity (Wildman–Crippen MR) is 266 cm³/mol. The average molecular weight is 926 g/mol. The van der Waals surface area contributed by atoms with Crippen LogP contribution in [-0.4, -0.2) is 78.4 Å². The Kier molecular flexibility index (Phi) is 13.6. The molecule has 1 unspecified atom stereocenters. The number of carbonyl (C=O) groups is 1. The second kappa shape index (κ2) is 19.9. The number of pyridine rings is 2. The van der Waals surface area contributed by atoms with Crippen molar-refractivity contribution in [3.05, 3.63) is 132 Å². The molecule has 0 bridgehead atoms. The number of nitrogens with two attached hydrogens (primary N) is 2. The van der Waals surface area contributed by atoms with E-state index in [0.717, 1.165) is 96.5 Å². The van der Waals surface area contributed by atoms with E-state index in [9.17, 15) is 4.79 Å². The highest BCUT2D eigenvalue weighted by Gasteiger charge is 2.34. The van der Waals surface area contributed by atoms with Gasteiger partial charge in [0.15, 0.2) is 5.82 Å². The largest absolute Gasteiger partial charge is 0.399 e. The first-order valence-electron chi connectivity index (χ1n) is 24.3. The molecule has 14 nitrogen and oxygen atoms in total. The van der Waals surface area contributed by atoms with E-state index < -0.39 is 6.43 Å². The highest BCUT2D eigenvalue weighted by atomic mass is 19.3. The molecular weight excluding hydrogens is 861 g/mol. The molecule has 4 aromatic heterocycles. The number of anilines is 3. The van der Waals surface area contributed by atoms with Crippen molar-refractivity contribution in [1.82, 2.24) is 44.9 Å². The van der Waals surface area contributed by atoms with Crippen LogP contribution in [-0.2, 0) is 25.9 Å². The Bertz CT molecular complexity index is 2710. The molecule has 0 spiro atoms. The minimum absolute atomic E-state index is 0.0108. The van der Waals surface area contributed by atoms with Crippen LogP contribution in [0.15, 0.2) is 104 Å². The monoisotopic (exact) mass is 926 g/mol. The molecule has 6 N–H and O–H groups in total. The number of piperidine rings is 1. The Balaban J connectivity index is 0.00000285. The fraction of sp³-hybridized carbons (Fsp3) is 0.423. The number of alkyl halides is 2. The number of amides is 1. The standard InChI is InChI=1S/C50H59F2N13O.C2H6/c1-4-60-20-17-46-42(29-60)49(59-65(46)35-10-6-5-7-11-35)63-19-8-9-33-21-38(39(48(51)52)22-47(33)63)41-30-62(45-16-18-55-24-40(41)45)25-34(53)26-64(54)37-27-61(28-37)36-13-15-44(56-23-36)50(66)58-43-14-12-31(2)57-32(43)3;1-2/h4,13,15-16,18,21-24,26,30,35,37,43,48,57H,1-3,5-12,14,17,19-20,25,27-29,53-54H2,(H,58,66);1-2H3/b34-26-;. The molecule has 1 aromatic carbocycles. The van der Waals surface area contributed by atoms with Crippen LogP contribution in [0.5, 0.6) is 0 Å². The number of hydrogen-bond acceptors (Lipinski definition) is 11. The number of aromatic nitrogens is 5. The maximum absolute atomic E-state index is 15.4. The lowest BCUT2D eigenvalue weighted by Crippen LogP contribution is -2.60. The van der Waals surface area contributed by atoms with Crippen LogP contribution in [0.2, 0.25) is 0 Å². The minimum atomic E-state index is -2.72. The van der Waals surface area contributed by atoms with Gasteiger partial charge in [-0.25, -0.2) is 19.6 Å². The number of carbonyl (C=O) groups excluding carboxylic acids is 1. The van der Waals surface area contributed by atoms with Gasteiger partial charge in [-0.2, -0.15) is 5.10 Å². The smallest absolute Gasteiger partial charge is 0.270 e. The number of nitrogens with one attached hydrogen (secondary N) is 2. The number of aryl methyl sites for hydroxylation is 1. The van der Waals surface area contributed by atoms with Gasteiger partial charge in [0.05, 0.1) is 42.1 Å². The Morgan fingerprint density at radius 3 is 2.56 bits per heavy atom. The van der Waals surface area contributed by atoms with Crippen LogP contribution < -0.4 is 32.0 Å². The van der Waals surface area contributed by atoms with Gasteiger partial charge in [0.1, 0.15) is 5.69 Å². The van der Waals surface area contributed by atoms with Crippen LogP contribution in [0.1, 0.15) is 111 Å². The lowest BCUT2D eigenvalue weighted by molar-refractivity contribution is 0.0933. The van der Waals surface area contributed by atoms with Gasteiger partial charge in [0.25, 0.3) is 12.3 Å². The average Bonchev–Trinajstić information content (AvgIpc) is 3.90. The molecule has 4 aliphatic heterocycles. The predicted octanol–water partition coefficient (Wildman–Crippen LogP) is 8.72. The van der Waals surface area contributed by atoms with Crippen molar-refractivity contribution in [2.75, 3.05) is 36.0 Å². The summed E-state index contributed by atoms with van der Waals surface area (Å²) in [5.41, 5.74) is 16.3. The van der Waals surface area contributed by atoms with E-state index in [1.165, 1.54) is 30.5 Å². The third kappa shape index (κ3) is 9.17. The van der Waals surface area contributed by atoms with E-state index in [2.05, 4.69) is 59.7 Å². The Hall–Kier alpha value is -6.68. The van der Waals surface area contributed by atoms with Crippen molar-refractivity contribution >= 4 is 34.0 Å². The van der Waals surface area contributed by atoms with Crippen molar-refractivity contribution in [2.24, 2.45) is 11.6 Å². The molecule has 1 atom stereocenters. The van der Waals surface area contributed by atoms with Gasteiger partial charge in [-0.05, 0) is 86.2 Å². The molecule has 68 heavy (non-hydrogen) atoms.